The topological polar surface area (TPSA) is 41.6 Å². The van der Waals surface area contributed by atoms with Gasteiger partial charge in [-0.25, -0.2) is 4.39 Å². The number of amides is 1. The lowest BCUT2D eigenvalue weighted by atomic mass is 9.89. The molecular formula is C20H18F4N2O2. The molecule has 4 nitrogen and oxygen atoms in total. The monoisotopic (exact) mass is 394 g/mol. The summed E-state index contributed by atoms with van der Waals surface area (Å²) in [7, 11) is 0. The number of anilines is 1. The fraction of sp³-hybridized carbons (Fsp3) is 0.350. The van der Waals surface area contributed by atoms with Crippen molar-refractivity contribution in [3.63, 3.8) is 0 Å². The lowest BCUT2D eigenvalue weighted by Gasteiger charge is -2.43. The third-order valence-corrected chi connectivity index (χ3v) is 5.18. The van der Waals surface area contributed by atoms with Gasteiger partial charge in [0, 0.05) is 18.2 Å². The Kier molecular flexibility index (Phi) is 4.44. The van der Waals surface area contributed by atoms with E-state index in [2.05, 4.69) is 5.32 Å². The molecule has 2 atom stereocenters. The van der Waals surface area contributed by atoms with Gasteiger partial charge in [-0.1, -0.05) is 18.2 Å². The number of nitrogens with zero attached hydrogens (tertiary/aromatic N) is 1. The van der Waals surface area contributed by atoms with E-state index in [1.54, 1.807) is 31.2 Å². The Balaban J connectivity index is 1.84. The normalized spacial score (nSPS) is 21.0. The maximum atomic E-state index is 14.0. The van der Waals surface area contributed by atoms with Crippen LogP contribution in [0.2, 0.25) is 0 Å². The average Bonchev–Trinajstić information content (AvgIpc) is 2.75. The van der Waals surface area contributed by atoms with E-state index in [-0.39, 0.29) is 0 Å². The van der Waals surface area contributed by atoms with Crippen LogP contribution >= 0.6 is 0 Å². The molecule has 1 amide bonds. The molecule has 1 N–H and O–H groups in total. The average molecular weight is 394 g/mol. The van der Waals surface area contributed by atoms with Gasteiger partial charge in [0.2, 0.25) is 0 Å². The van der Waals surface area contributed by atoms with Crippen LogP contribution in [-0.2, 0) is 4.79 Å². The van der Waals surface area contributed by atoms with Crippen LogP contribution in [0, 0.1) is 12.7 Å². The summed E-state index contributed by atoms with van der Waals surface area (Å²) in [5.41, 5.74) is 1.91. The molecule has 2 aromatic carbocycles. The molecule has 2 aliphatic rings. The van der Waals surface area contributed by atoms with Crippen molar-refractivity contribution in [3.05, 3.63) is 53.3 Å². The van der Waals surface area contributed by atoms with Crippen LogP contribution in [0.15, 0.2) is 36.4 Å². The highest BCUT2D eigenvalue weighted by Crippen LogP contribution is 2.49. The van der Waals surface area contributed by atoms with Gasteiger partial charge in [-0.15, -0.1) is 0 Å². The molecule has 8 heteroatoms. The molecule has 2 aliphatic heterocycles. The highest BCUT2D eigenvalue weighted by molar-refractivity contribution is 5.82. The second kappa shape index (κ2) is 6.68. The van der Waals surface area contributed by atoms with Crippen LogP contribution < -0.4 is 15.0 Å². The second-order valence-corrected chi connectivity index (χ2v) is 7.07. The number of nitrogens with one attached hydrogen (secondary N) is 1. The Bertz CT molecular complexity index is 929. The van der Waals surface area contributed by atoms with Gasteiger partial charge in [0.05, 0.1) is 17.8 Å². The van der Waals surface area contributed by atoms with E-state index in [0.29, 0.717) is 47.7 Å². The van der Waals surface area contributed by atoms with E-state index in [4.69, 9.17) is 4.74 Å². The third kappa shape index (κ3) is 3.16. The van der Waals surface area contributed by atoms with Crippen molar-refractivity contribution in [1.82, 2.24) is 5.32 Å². The van der Waals surface area contributed by atoms with Crippen molar-refractivity contribution < 1.29 is 27.1 Å². The molecule has 2 heterocycles. The van der Waals surface area contributed by atoms with Crippen LogP contribution in [0.3, 0.4) is 0 Å². The first-order valence-electron chi connectivity index (χ1n) is 8.97. The first kappa shape index (κ1) is 18.6. The molecule has 1 fully saturated rings. The first-order valence-corrected chi connectivity index (χ1v) is 8.97. The molecule has 1 unspecified atom stereocenters. The Hall–Kier alpha value is -2.77. The van der Waals surface area contributed by atoms with Crippen molar-refractivity contribution in [2.24, 2.45) is 0 Å². The van der Waals surface area contributed by atoms with Crippen molar-refractivity contribution in [1.29, 1.82) is 0 Å². The van der Waals surface area contributed by atoms with Gasteiger partial charge in [0.1, 0.15) is 11.6 Å². The molecule has 2 aromatic rings. The molecule has 0 spiro atoms. The number of ether oxygens (including phenoxy) is 1. The summed E-state index contributed by atoms with van der Waals surface area (Å²) in [5, 5.41) is 2.15. The molecule has 28 heavy (non-hydrogen) atoms. The maximum Gasteiger partial charge on any atom is 0.471 e. The summed E-state index contributed by atoms with van der Waals surface area (Å²) < 4.78 is 58.5. The molecule has 4 rings (SSSR count). The predicted molar refractivity (Wildman–Crippen MR) is 95.0 cm³/mol. The number of fused-ring (bicyclic) bond motifs is 5. The molecule has 1 saturated heterocycles. The van der Waals surface area contributed by atoms with E-state index in [1.165, 1.54) is 12.1 Å². The number of piperidine rings is 1. The lowest BCUT2D eigenvalue weighted by molar-refractivity contribution is -0.174. The summed E-state index contributed by atoms with van der Waals surface area (Å²) in [6.07, 6.45) is -3.98. The molecular weight excluding hydrogens is 376 g/mol. The van der Waals surface area contributed by atoms with E-state index in [9.17, 15) is 22.4 Å². The van der Waals surface area contributed by atoms with Crippen LogP contribution in [-0.4, -0.2) is 24.7 Å². The number of para-hydroxylation sites is 1. The summed E-state index contributed by atoms with van der Waals surface area (Å²) in [5.74, 6) is -1.66. The molecule has 0 aliphatic carbocycles. The van der Waals surface area contributed by atoms with Crippen LogP contribution in [0.25, 0.3) is 0 Å². The number of alkyl halides is 3. The smallest absolute Gasteiger partial charge is 0.455 e. The van der Waals surface area contributed by atoms with Gasteiger partial charge in [0.25, 0.3) is 0 Å². The van der Waals surface area contributed by atoms with Gasteiger partial charge in [0.15, 0.2) is 5.75 Å². The fourth-order valence-corrected chi connectivity index (χ4v) is 4.12. The summed E-state index contributed by atoms with van der Waals surface area (Å²) in [4.78, 5) is 13.5. The Morgan fingerprint density at radius 1 is 1.21 bits per heavy atom. The fourth-order valence-electron chi connectivity index (χ4n) is 4.12. The number of aryl methyl sites for hydroxylation is 1. The van der Waals surface area contributed by atoms with Gasteiger partial charge < -0.3 is 15.0 Å². The van der Waals surface area contributed by atoms with Crippen molar-refractivity contribution in [3.8, 4) is 11.5 Å². The first-order chi connectivity index (χ1) is 13.3. The number of benzene rings is 2. The second-order valence-electron chi connectivity index (χ2n) is 7.07. The van der Waals surface area contributed by atoms with Gasteiger partial charge >= 0.3 is 12.1 Å². The van der Waals surface area contributed by atoms with E-state index in [0.717, 1.165) is 0 Å². The van der Waals surface area contributed by atoms with E-state index < -0.39 is 30.0 Å². The quantitative estimate of drug-likeness (QED) is 0.718. The van der Waals surface area contributed by atoms with Crippen LogP contribution in [0.5, 0.6) is 11.5 Å². The minimum absolute atomic E-state index is 0.315. The highest BCUT2D eigenvalue weighted by atomic mass is 19.4. The molecule has 0 bridgehead atoms. The largest absolute Gasteiger partial charge is 0.471 e. The number of hydrogen-bond donors (Lipinski definition) is 1. The molecule has 148 valence electrons. The van der Waals surface area contributed by atoms with Crippen molar-refractivity contribution in [2.75, 3.05) is 11.4 Å². The van der Waals surface area contributed by atoms with E-state index >= 15 is 0 Å². The Labute approximate surface area is 159 Å². The number of halogens is 4. The van der Waals surface area contributed by atoms with Crippen molar-refractivity contribution in [2.45, 2.75) is 38.0 Å². The lowest BCUT2D eigenvalue weighted by Crippen LogP contribution is -2.52. The molecule has 0 aromatic heterocycles. The zero-order valence-electron chi connectivity index (χ0n) is 15.0. The molecule has 0 saturated carbocycles. The minimum Gasteiger partial charge on any atom is -0.455 e. The molecule has 0 radical (unpaired) electrons. The Morgan fingerprint density at radius 2 is 1.96 bits per heavy atom. The van der Waals surface area contributed by atoms with Crippen molar-refractivity contribution >= 4 is 11.6 Å². The highest BCUT2D eigenvalue weighted by Gasteiger charge is 2.44. The van der Waals surface area contributed by atoms with Gasteiger partial charge in [-0.3, -0.25) is 4.79 Å². The number of carbonyl (C=O) groups is 1. The predicted octanol–water partition coefficient (Wildman–Crippen LogP) is 4.63. The van der Waals surface area contributed by atoms with Gasteiger partial charge in [-0.05, 0) is 37.5 Å². The summed E-state index contributed by atoms with van der Waals surface area (Å²) in [6, 6.07) is 8.30. The standard InChI is InChI=1S/C20H18F4N2O2/c1-11-9-12(21)10-16-17(11)26-8-4-6-14(25-19(27)20(22,23)24)18(26)13-5-2-3-7-15(13)28-16/h2-3,5,7,9-10,14,18H,4,6,8H2,1H3,(H,25,27)/t14?,18-/m1/s1. The number of hydrogen-bond acceptors (Lipinski definition) is 3. The minimum atomic E-state index is -4.96. The zero-order valence-corrected chi connectivity index (χ0v) is 15.0. The number of carbonyl (C=O) groups excluding carboxylic acids is 1. The zero-order chi connectivity index (χ0) is 20.1. The van der Waals surface area contributed by atoms with Crippen LogP contribution in [0.1, 0.15) is 30.0 Å². The van der Waals surface area contributed by atoms with Crippen LogP contribution in [0.4, 0.5) is 23.2 Å². The SMILES string of the molecule is Cc1cc(F)cc2c1N1CCCC(NC(=O)C(F)(F)F)[C@H]1c1ccccc1O2. The third-order valence-electron chi connectivity index (χ3n) is 5.18. The van der Waals surface area contributed by atoms with Gasteiger partial charge in [-0.2, -0.15) is 13.2 Å². The summed E-state index contributed by atoms with van der Waals surface area (Å²) in [6.45, 7) is 2.29. The van der Waals surface area contributed by atoms with E-state index in [1.807, 2.05) is 4.90 Å². The Morgan fingerprint density at radius 3 is 2.71 bits per heavy atom. The number of rotatable bonds is 1. The maximum absolute atomic E-state index is 14.0. The summed E-state index contributed by atoms with van der Waals surface area (Å²) >= 11 is 0.